The topological polar surface area (TPSA) is 44.1 Å². The van der Waals surface area contributed by atoms with Crippen LogP contribution in [0.25, 0.3) is 0 Å². The van der Waals surface area contributed by atoms with E-state index in [9.17, 15) is 4.79 Å². The summed E-state index contributed by atoms with van der Waals surface area (Å²) in [5.41, 5.74) is 0.0504. The lowest BCUT2D eigenvalue weighted by atomic mass is 9.81. The fraction of sp³-hybridized carbons (Fsp3) is 0.875. The molecule has 1 aliphatic heterocycles. The Hall–Kier alpha value is -1.04. The lowest BCUT2D eigenvalue weighted by molar-refractivity contribution is -0.134. The summed E-state index contributed by atoms with van der Waals surface area (Å²) in [6.45, 7) is 12.3. The molecule has 19 heavy (non-hydrogen) atoms. The quantitative estimate of drug-likeness (QED) is 0.781. The zero-order valence-electron chi connectivity index (χ0n) is 13.1. The molecular weight excluding hydrogens is 236 g/mol. The summed E-state index contributed by atoms with van der Waals surface area (Å²) < 4.78 is 0. The average molecular weight is 264 g/mol. The number of likely N-dealkylation sites (tertiary alicyclic amines) is 1. The Kier molecular flexibility index (Phi) is 5.01. The fourth-order valence-electron chi connectivity index (χ4n) is 2.91. The van der Waals surface area contributed by atoms with E-state index in [-0.39, 0.29) is 16.7 Å². The second kappa shape index (κ2) is 5.94. The highest BCUT2D eigenvalue weighted by Gasteiger charge is 2.32. The van der Waals surface area contributed by atoms with Crippen molar-refractivity contribution in [2.45, 2.75) is 60.3 Å². The minimum absolute atomic E-state index is 0.228. The second-order valence-electron chi connectivity index (χ2n) is 7.63. The van der Waals surface area contributed by atoms with E-state index in [2.05, 4.69) is 33.8 Å². The van der Waals surface area contributed by atoms with Gasteiger partial charge in [-0.1, -0.05) is 27.7 Å². The van der Waals surface area contributed by atoms with E-state index in [1.807, 2.05) is 11.8 Å². The number of hydrogen-bond acceptors (Lipinski definition) is 2. The van der Waals surface area contributed by atoms with Crippen LogP contribution in [0, 0.1) is 28.1 Å². The van der Waals surface area contributed by atoms with Crippen LogP contribution in [0.2, 0.25) is 0 Å². The first-order valence-corrected chi connectivity index (χ1v) is 7.34. The smallest absolute Gasteiger partial charge is 0.222 e. The third kappa shape index (κ3) is 5.22. The van der Waals surface area contributed by atoms with Gasteiger partial charge in [0.25, 0.3) is 0 Å². The summed E-state index contributed by atoms with van der Waals surface area (Å²) in [5, 5.41) is 9.09. The SMILES string of the molecule is CC(CC(=O)N1CCC(C)(C#N)CC1)CC(C)(C)C. The molecule has 0 bridgehead atoms. The minimum Gasteiger partial charge on any atom is -0.343 e. The van der Waals surface area contributed by atoms with Gasteiger partial charge in [-0.2, -0.15) is 5.26 Å². The van der Waals surface area contributed by atoms with Crippen LogP contribution in [0.15, 0.2) is 0 Å². The third-order valence-corrected chi connectivity index (χ3v) is 3.97. The molecule has 108 valence electrons. The molecule has 0 radical (unpaired) electrons. The van der Waals surface area contributed by atoms with Gasteiger partial charge >= 0.3 is 0 Å². The highest BCUT2D eigenvalue weighted by molar-refractivity contribution is 5.76. The monoisotopic (exact) mass is 264 g/mol. The molecule has 0 N–H and O–H groups in total. The van der Waals surface area contributed by atoms with E-state index in [0.29, 0.717) is 12.3 Å². The second-order valence-corrected chi connectivity index (χ2v) is 7.63. The molecule has 0 aliphatic carbocycles. The van der Waals surface area contributed by atoms with Crippen LogP contribution in [0.5, 0.6) is 0 Å². The van der Waals surface area contributed by atoms with Crippen LogP contribution in [0.1, 0.15) is 60.3 Å². The third-order valence-electron chi connectivity index (χ3n) is 3.97. The Labute approximate surface area is 118 Å². The maximum absolute atomic E-state index is 12.2. The molecule has 3 heteroatoms. The number of carbonyl (C=O) groups is 1. The number of amides is 1. The van der Waals surface area contributed by atoms with Gasteiger partial charge in [-0.3, -0.25) is 4.79 Å². The molecule has 0 saturated carbocycles. The van der Waals surface area contributed by atoms with Crippen molar-refractivity contribution in [2.24, 2.45) is 16.7 Å². The first-order valence-electron chi connectivity index (χ1n) is 7.34. The van der Waals surface area contributed by atoms with Crippen molar-refractivity contribution in [3.63, 3.8) is 0 Å². The molecule has 1 fully saturated rings. The highest BCUT2D eigenvalue weighted by atomic mass is 16.2. The number of piperidine rings is 1. The van der Waals surface area contributed by atoms with E-state index in [1.54, 1.807) is 0 Å². The molecular formula is C16H28N2O. The molecule has 1 atom stereocenters. The predicted octanol–water partition coefficient (Wildman–Crippen LogP) is 3.60. The van der Waals surface area contributed by atoms with Crippen LogP contribution < -0.4 is 0 Å². The average Bonchev–Trinajstić information content (AvgIpc) is 2.27. The number of nitriles is 1. The van der Waals surface area contributed by atoms with Gasteiger partial charge in [-0.25, -0.2) is 0 Å². The molecule has 1 saturated heterocycles. The number of nitrogens with zero attached hydrogens (tertiary/aromatic N) is 2. The standard InChI is InChI=1S/C16H28N2O/c1-13(11-15(2,3)4)10-14(19)18-8-6-16(5,12-17)7-9-18/h13H,6-11H2,1-5H3. The van der Waals surface area contributed by atoms with E-state index >= 15 is 0 Å². The Balaban J connectivity index is 2.42. The summed E-state index contributed by atoms with van der Waals surface area (Å²) in [4.78, 5) is 14.2. The van der Waals surface area contributed by atoms with Gasteiger partial charge in [0, 0.05) is 19.5 Å². The van der Waals surface area contributed by atoms with E-state index in [4.69, 9.17) is 5.26 Å². The molecule has 1 heterocycles. The normalized spacial score (nSPS) is 20.7. The Morgan fingerprint density at radius 3 is 2.32 bits per heavy atom. The van der Waals surface area contributed by atoms with Crippen molar-refractivity contribution in [3.05, 3.63) is 0 Å². The molecule has 0 aromatic carbocycles. The molecule has 1 rings (SSSR count). The van der Waals surface area contributed by atoms with Crippen LogP contribution in [-0.2, 0) is 4.79 Å². The number of hydrogen-bond donors (Lipinski definition) is 0. The van der Waals surface area contributed by atoms with Crippen molar-refractivity contribution in [3.8, 4) is 6.07 Å². The number of rotatable bonds is 3. The first kappa shape index (κ1) is 16.0. The fourth-order valence-corrected chi connectivity index (χ4v) is 2.91. The van der Waals surface area contributed by atoms with Crippen molar-refractivity contribution in [2.75, 3.05) is 13.1 Å². The van der Waals surface area contributed by atoms with Gasteiger partial charge in [0.1, 0.15) is 0 Å². The van der Waals surface area contributed by atoms with Gasteiger partial charge in [0.2, 0.25) is 5.91 Å². The molecule has 1 aliphatic rings. The minimum atomic E-state index is -0.228. The highest BCUT2D eigenvalue weighted by Crippen LogP contribution is 2.31. The molecule has 0 spiro atoms. The summed E-state index contributed by atoms with van der Waals surface area (Å²) >= 11 is 0. The molecule has 1 unspecified atom stereocenters. The van der Waals surface area contributed by atoms with Crippen LogP contribution in [0.4, 0.5) is 0 Å². The Morgan fingerprint density at radius 2 is 1.89 bits per heavy atom. The van der Waals surface area contributed by atoms with Crippen LogP contribution >= 0.6 is 0 Å². The summed E-state index contributed by atoms with van der Waals surface area (Å²) in [6.07, 6.45) is 3.33. The molecule has 0 aromatic rings. The lowest BCUT2D eigenvalue weighted by Crippen LogP contribution is -2.42. The van der Waals surface area contributed by atoms with E-state index in [1.165, 1.54) is 0 Å². The zero-order chi connectivity index (χ0) is 14.7. The van der Waals surface area contributed by atoms with E-state index < -0.39 is 0 Å². The zero-order valence-corrected chi connectivity index (χ0v) is 13.1. The van der Waals surface area contributed by atoms with Crippen molar-refractivity contribution < 1.29 is 4.79 Å². The maximum Gasteiger partial charge on any atom is 0.222 e. The van der Waals surface area contributed by atoms with Gasteiger partial charge < -0.3 is 4.90 Å². The van der Waals surface area contributed by atoms with Crippen molar-refractivity contribution in [1.82, 2.24) is 4.90 Å². The predicted molar refractivity (Wildman–Crippen MR) is 77.4 cm³/mol. The van der Waals surface area contributed by atoms with Gasteiger partial charge in [0.15, 0.2) is 0 Å². The Morgan fingerprint density at radius 1 is 1.37 bits per heavy atom. The molecule has 0 aromatic heterocycles. The van der Waals surface area contributed by atoms with Crippen LogP contribution in [0.3, 0.4) is 0 Å². The first-order chi connectivity index (χ1) is 8.65. The van der Waals surface area contributed by atoms with Crippen molar-refractivity contribution in [1.29, 1.82) is 5.26 Å². The van der Waals surface area contributed by atoms with Gasteiger partial charge in [-0.15, -0.1) is 0 Å². The molecule has 3 nitrogen and oxygen atoms in total. The largest absolute Gasteiger partial charge is 0.343 e. The van der Waals surface area contributed by atoms with Crippen LogP contribution in [-0.4, -0.2) is 23.9 Å². The Bertz CT molecular complexity index is 354. The van der Waals surface area contributed by atoms with Gasteiger partial charge in [-0.05, 0) is 37.5 Å². The summed E-state index contributed by atoms with van der Waals surface area (Å²) in [7, 11) is 0. The summed E-state index contributed by atoms with van der Waals surface area (Å²) in [6, 6.07) is 2.37. The summed E-state index contributed by atoms with van der Waals surface area (Å²) in [5.74, 6) is 0.688. The lowest BCUT2D eigenvalue weighted by Gasteiger charge is -2.35. The number of carbonyl (C=O) groups excluding carboxylic acids is 1. The van der Waals surface area contributed by atoms with Gasteiger partial charge in [0.05, 0.1) is 11.5 Å². The molecule has 1 amide bonds. The maximum atomic E-state index is 12.2. The van der Waals surface area contributed by atoms with E-state index in [0.717, 1.165) is 32.4 Å². The van der Waals surface area contributed by atoms with Crippen molar-refractivity contribution >= 4 is 5.91 Å².